The Hall–Kier alpha value is -1.83. The number of pyridine rings is 1. The predicted octanol–water partition coefficient (Wildman–Crippen LogP) is 5.94. The molecule has 1 aromatic carbocycles. The Labute approximate surface area is 214 Å². The fourth-order valence-electron chi connectivity index (χ4n) is 3.64. The van der Waals surface area contributed by atoms with Crippen molar-refractivity contribution in [3.8, 4) is 5.75 Å². The Morgan fingerprint density at radius 1 is 1.06 bits per heavy atom. The molecule has 0 aliphatic heterocycles. The summed E-state index contributed by atoms with van der Waals surface area (Å²) in [6.45, 7) is 13.5. The lowest BCUT2D eigenvalue weighted by Gasteiger charge is -2.23. The Bertz CT molecular complexity index is 969. The van der Waals surface area contributed by atoms with E-state index < -0.39 is 0 Å². The van der Waals surface area contributed by atoms with Gasteiger partial charge in [-0.15, -0.1) is 0 Å². The van der Waals surface area contributed by atoms with Gasteiger partial charge in [-0.1, -0.05) is 71.4 Å². The van der Waals surface area contributed by atoms with Gasteiger partial charge in [0.25, 0.3) is 5.56 Å². The van der Waals surface area contributed by atoms with Crippen molar-refractivity contribution in [2.75, 3.05) is 38.8 Å². The molecule has 0 unspecified atom stereocenters. The van der Waals surface area contributed by atoms with Crippen molar-refractivity contribution in [2.45, 2.75) is 66.8 Å². The molecule has 0 saturated carbocycles. The normalized spacial score (nSPS) is 11.9. The van der Waals surface area contributed by atoms with Crippen molar-refractivity contribution in [1.82, 2.24) is 4.57 Å². The number of rotatable bonds is 17. The van der Waals surface area contributed by atoms with Crippen molar-refractivity contribution >= 4 is 27.8 Å². The fraction of sp³-hybridized carbons (Fsp3) is 0.643. The maximum atomic E-state index is 12.6. The number of ether oxygens (including phenoxy) is 3. The van der Waals surface area contributed by atoms with E-state index in [0.717, 1.165) is 36.6 Å². The Morgan fingerprint density at radius 2 is 1.74 bits per heavy atom. The summed E-state index contributed by atoms with van der Waals surface area (Å²) < 4.78 is 18.9. The van der Waals surface area contributed by atoms with Gasteiger partial charge in [-0.2, -0.15) is 0 Å². The summed E-state index contributed by atoms with van der Waals surface area (Å²) in [5, 5.41) is 1.17. The van der Waals surface area contributed by atoms with Gasteiger partial charge in [-0.3, -0.25) is 9.59 Å². The number of fused-ring (bicyclic) bond motifs is 1. The minimum absolute atomic E-state index is 0.0406. The van der Waals surface area contributed by atoms with Gasteiger partial charge in [0.2, 0.25) is 0 Å². The van der Waals surface area contributed by atoms with Gasteiger partial charge in [0, 0.05) is 29.2 Å². The molecular formula is C28H43NO5S. The number of carbonyl (C=O) groups is 1. The molecule has 0 fully saturated rings. The van der Waals surface area contributed by atoms with Gasteiger partial charge in [0.15, 0.2) is 5.12 Å². The third-order valence-corrected chi connectivity index (χ3v) is 7.12. The number of hydrogen-bond donors (Lipinski definition) is 0. The van der Waals surface area contributed by atoms with Crippen molar-refractivity contribution in [2.24, 2.45) is 11.3 Å². The van der Waals surface area contributed by atoms with Crippen LogP contribution in [0.2, 0.25) is 0 Å². The minimum Gasteiger partial charge on any atom is -0.490 e. The highest BCUT2D eigenvalue weighted by Crippen LogP contribution is 2.30. The van der Waals surface area contributed by atoms with E-state index in [9.17, 15) is 9.59 Å². The molecule has 0 spiro atoms. The van der Waals surface area contributed by atoms with Crippen molar-refractivity contribution < 1.29 is 19.0 Å². The maximum Gasteiger partial charge on any atom is 0.254 e. The van der Waals surface area contributed by atoms with E-state index in [4.69, 9.17) is 14.2 Å². The largest absolute Gasteiger partial charge is 0.490 e. The van der Waals surface area contributed by atoms with E-state index in [2.05, 4.69) is 20.8 Å². The Balaban J connectivity index is 1.64. The third kappa shape index (κ3) is 9.98. The zero-order valence-corrected chi connectivity index (χ0v) is 23.0. The number of nitrogens with zero attached hydrogens (tertiary/aromatic N) is 1. The SMILES string of the molecule is CCCCn1c(=O)cc(OCCOCCOCCSC(=O)C(C)(C)CCC(C)C)c2ccccc21. The summed E-state index contributed by atoms with van der Waals surface area (Å²) in [7, 11) is 0. The number of aromatic nitrogens is 1. The van der Waals surface area contributed by atoms with Crippen LogP contribution in [0.4, 0.5) is 0 Å². The van der Waals surface area contributed by atoms with Crippen LogP contribution in [0.1, 0.15) is 60.3 Å². The van der Waals surface area contributed by atoms with E-state index in [1.807, 2.05) is 42.7 Å². The lowest BCUT2D eigenvalue weighted by molar-refractivity contribution is -0.118. The number of hydrogen-bond acceptors (Lipinski definition) is 6. The number of carbonyl (C=O) groups excluding carboxylic acids is 1. The Morgan fingerprint density at radius 3 is 2.46 bits per heavy atom. The predicted molar refractivity (Wildman–Crippen MR) is 146 cm³/mol. The summed E-state index contributed by atoms with van der Waals surface area (Å²) in [6, 6.07) is 9.42. The lowest BCUT2D eigenvalue weighted by Crippen LogP contribution is -2.23. The van der Waals surface area contributed by atoms with E-state index in [-0.39, 0.29) is 16.1 Å². The highest BCUT2D eigenvalue weighted by Gasteiger charge is 2.27. The van der Waals surface area contributed by atoms with E-state index >= 15 is 0 Å². The summed E-state index contributed by atoms with van der Waals surface area (Å²) in [6.07, 6.45) is 3.98. The number of unbranched alkanes of at least 4 members (excludes halogenated alkanes) is 1. The molecule has 7 heteroatoms. The van der Waals surface area contributed by atoms with Crippen LogP contribution in [0.25, 0.3) is 10.9 Å². The highest BCUT2D eigenvalue weighted by molar-refractivity contribution is 8.13. The molecule has 0 bridgehead atoms. The molecule has 2 aromatic rings. The first kappa shape index (κ1) is 29.4. The van der Waals surface area contributed by atoms with Gasteiger partial charge >= 0.3 is 0 Å². The van der Waals surface area contributed by atoms with Crippen LogP contribution in [0.3, 0.4) is 0 Å². The van der Waals surface area contributed by atoms with Crippen LogP contribution in [0.15, 0.2) is 35.1 Å². The average Bonchev–Trinajstić information content (AvgIpc) is 2.83. The van der Waals surface area contributed by atoms with Crippen molar-refractivity contribution in [3.63, 3.8) is 0 Å². The molecule has 0 N–H and O–H groups in total. The molecule has 0 atom stereocenters. The molecule has 1 aromatic heterocycles. The van der Waals surface area contributed by atoms with Crippen LogP contribution < -0.4 is 10.3 Å². The van der Waals surface area contributed by atoms with Crippen molar-refractivity contribution in [3.05, 3.63) is 40.7 Å². The monoisotopic (exact) mass is 505 g/mol. The number of aryl methyl sites for hydroxylation is 1. The fourth-order valence-corrected chi connectivity index (χ4v) is 4.52. The highest BCUT2D eigenvalue weighted by atomic mass is 32.2. The van der Waals surface area contributed by atoms with Crippen LogP contribution in [-0.2, 0) is 20.8 Å². The van der Waals surface area contributed by atoms with E-state index in [0.29, 0.717) is 57.0 Å². The zero-order valence-electron chi connectivity index (χ0n) is 22.1. The van der Waals surface area contributed by atoms with Gasteiger partial charge in [-0.05, 0) is 30.9 Å². The smallest absolute Gasteiger partial charge is 0.254 e. The number of para-hydroxylation sites is 1. The standard InChI is InChI=1S/C28H43NO5S/c1-6-7-14-29-24-11-9-8-10-23(24)25(21-26(29)30)34-18-17-32-15-16-33-19-20-35-27(31)28(4,5)13-12-22(2)3/h8-11,21-22H,6-7,12-20H2,1-5H3. The average molecular weight is 506 g/mol. The summed E-state index contributed by atoms with van der Waals surface area (Å²) in [4.78, 5) is 25.0. The third-order valence-electron chi connectivity index (χ3n) is 5.93. The van der Waals surface area contributed by atoms with Gasteiger partial charge in [0.05, 0.1) is 31.9 Å². The van der Waals surface area contributed by atoms with Crippen LogP contribution in [-0.4, -0.2) is 48.5 Å². The van der Waals surface area contributed by atoms with Gasteiger partial charge < -0.3 is 18.8 Å². The molecular weight excluding hydrogens is 462 g/mol. The van der Waals surface area contributed by atoms with E-state index in [1.165, 1.54) is 11.8 Å². The minimum atomic E-state index is -0.287. The van der Waals surface area contributed by atoms with E-state index in [1.54, 1.807) is 6.07 Å². The molecule has 0 radical (unpaired) electrons. The van der Waals surface area contributed by atoms with Crippen molar-refractivity contribution in [1.29, 1.82) is 0 Å². The molecule has 0 aliphatic carbocycles. The summed E-state index contributed by atoms with van der Waals surface area (Å²) >= 11 is 1.36. The quantitative estimate of drug-likeness (QED) is 0.248. The second kappa shape index (κ2) is 15.3. The molecule has 0 saturated heterocycles. The molecule has 2 rings (SSSR count). The second-order valence-corrected chi connectivity index (χ2v) is 11.0. The Kier molecular flexibility index (Phi) is 12.9. The van der Waals surface area contributed by atoms with Gasteiger partial charge in [-0.25, -0.2) is 0 Å². The zero-order chi connectivity index (χ0) is 25.7. The summed E-state index contributed by atoms with van der Waals surface area (Å²) in [5.41, 5.74) is 0.573. The second-order valence-electron chi connectivity index (χ2n) is 9.89. The molecule has 196 valence electrons. The molecule has 35 heavy (non-hydrogen) atoms. The van der Waals surface area contributed by atoms with Crippen LogP contribution in [0.5, 0.6) is 5.75 Å². The van der Waals surface area contributed by atoms with Gasteiger partial charge in [0.1, 0.15) is 12.4 Å². The molecule has 1 heterocycles. The maximum absolute atomic E-state index is 12.6. The molecule has 6 nitrogen and oxygen atoms in total. The summed E-state index contributed by atoms with van der Waals surface area (Å²) in [5.74, 6) is 1.86. The number of benzene rings is 1. The first-order valence-corrected chi connectivity index (χ1v) is 13.8. The topological polar surface area (TPSA) is 66.8 Å². The molecule has 0 amide bonds. The lowest BCUT2D eigenvalue weighted by atomic mass is 9.87. The van der Waals surface area contributed by atoms with Crippen LogP contribution in [0, 0.1) is 11.3 Å². The number of thioether (sulfide) groups is 1. The van der Waals surface area contributed by atoms with Crippen LogP contribution >= 0.6 is 11.8 Å². The molecule has 0 aliphatic rings. The first-order valence-electron chi connectivity index (χ1n) is 12.8. The first-order chi connectivity index (χ1) is 16.8.